The van der Waals surface area contributed by atoms with Gasteiger partial charge >= 0.3 is 0 Å². The molecular weight excluding hydrogens is 360 g/mol. The molecule has 3 aromatic rings. The van der Waals surface area contributed by atoms with E-state index in [9.17, 15) is 0 Å². The monoisotopic (exact) mass is 386 g/mol. The Balaban J connectivity index is 1.68. The molecule has 142 valence electrons. The van der Waals surface area contributed by atoms with Gasteiger partial charge < -0.3 is 5.32 Å². The van der Waals surface area contributed by atoms with Crippen LogP contribution in [0.5, 0.6) is 0 Å². The maximum absolute atomic E-state index is 4.98. The number of thioether (sulfide) groups is 1. The van der Waals surface area contributed by atoms with Crippen LogP contribution in [0.2, 0.25) is 0 Å². The van der Waals surface area contributed by atoms with Crippen molar-refractivity contribution in [3.05, 3.63) is 84.4 Å². The maximum Gasteiger partial charge on any atom is 0.0930 e. The van der Waals surface area contributed by atoms with Crippen molar-refractivity contribution in [3.63, 3.8) is 0 Å². The first-order valence-electron chi connectivity index (χ1n) is 9.72. The Kier molecular flexibility index (Phi) is 5.27. The lowest BCUT2D eigenvalue weighted by Gasteiger charge is -2.23. The highest BCUT2D eigenvalue weighted by molar-refractivity contribution is 8.14. The van der Waals surface area contributed by atoms with Crippen LogP contribution < -0.4 is 5.32 Å². The summed E-state index contributed by atoms with van der Waals surface area (Å²) in [7, 11) is 0. The first kappa shape index (κ1) is 18.8. The summed E-state index contributed by atoms with van der Waals surface area (Å²) in [6.07, 6.45) is 2.20. The normalized spacial score (nSPS) is 17.6. The molecule has 0 radical (unpaired) electrons. The molecule has 0 spiro atoms. The van der Waals surface area contributed by atoms with Gasteiger partial charge in [-0.3, -0.25) is 4.99 Å². The molecule has 0 aliphatic carbocycles. The number of hydrogen-bond donors (Lipinski definition) is 1. The minimum Gasteiger partial charge on any atom is -0.355 e. The lowest BCUT2D eigenvalue weighted by atomic mass is 9.88. The third kappa shape index (κ3) is 4.31. The largest absolute Gasteiger partial charge is 0.355 e. The van der Waals surface area contributed by atoms with E-state index < -0.39 is 0 Å². The van der Waals surface area contributed by atoms with Gasteiger partial charge in [0.25, 0.3) is 0 Å². The summed E-state index contributed by atoms with van der Waals surface area (Å²) < 4.78 is 0. The van der Waals surface area contributed by atoms with Crippen molar-refractivity contribution >= 4 is 39.0 Å². The minimum absolute atomic E-state index is 0.196. The molecule has 1 atom stereocenters. The summed E-state index contributed by atoms with van der Waals surface area (Å²) in [6.45, 7) is 6.79. The Morgan fingerprint density at radius 3 is 2.39 bits per heavy atom. The summed E-state index contributed by atoms with van der Waals surface area (Å²) in [6, 6.07) is 25.8. The number of anilines is 1. The molecule has 1 unspecified atom stereocenters. The van der Waals surface area contributed by atoms with Crippen molar-refractivity contribution in [2.45, 2.75) is 26.8 Å². The zero-order chi connectivity index (χ0) is 19.6. The lowest BCUT2D eigenvalue weighted by Crippen LogP contribution is -2.24. The van der Waals surface area contributed by atoms with Crippen LogP contribution in [0.3, 0.4) is 0 Å². The zero-order valence-corrected chi connectivity index (χ0v) is 17.5. The van der Waals surface area contributed by atoms with Crippen LogP contribution in [0.25, 0.3) is 16.5 Å². The van der Waals surface area contributed by atoms with Gasteiger partial charge in [0.05, 0.1) is 11.1 Å². The first-order valence-corrected chi connectivity index (χ1v) is 10.7. The second-order valence-corrected chi connectivity index (χ2v) is 9.31. The van der Waals surface area contributed by atoms with Gasteiger partial charge in [0.2, 0.25) is 0 Å². The number of nitrogens with zero attached hydrogens (tertiary/aromatic N) is 1. The number of benzene rings is 3. The molecule has 0 fully saturated rings. The number of nitrogens with one attached hydrogen (secondary N) is 1. The van der Waals surface area contributed by atoms with Crippen LogP contribution in [0.4, 0.5) is 5.69 Å². The van der Waals surface area contributed by atoms with Crippen molar-refractivity contribution in [2.24, 2.45) is 10.4 Å². The summed E-state index contributed by atoms with van der Waals surface area (Å²) in [4.78, 5) is 4.98. The van der Waals surface area contributed by atoms with E-state index in [1.807, 2.05) is 11.8 Å². The predicted molar refractivity (Wildman–Crippen MR) is 125 cm³/mol. The molecule has 0 amide bonds. The van der Waals surface area contributed by atoms with Gasteiger partial charge in [-0.1, -0.05) is 81.4 Å². The molecule has 4 rings (SSSR count). The Morgan fingerprint density at radius 1 is 0.964 bits per heavy atom. The Hall–Kier alpha value is -2.52. The zero-order valence-electron chi connectivity index (χ0n) is 16.6. The van der Waals surface area contributed by atoms with Gasteiger partial charge in [-0.25, -0.2) is 0 Å². The minimum atomic E-state index is 0.196. The number of hydrogen-bond acceptors (Lipinski definition) is 3. The molecule has 2 nitrogen and oxygen atoms in total. The van der Waals surface area contributed by atoms with Crippen LogP contribution in [-0.2, 0) is 0 Å². The van der Waals surface area contributed by atoms with E-state index in [-0.39, 0.29) is 5.41 Å². The van der Waals surface area contributed by atoms with E-state index in [2.05, 4.69) is 105 Å². The molecule has 1 heterocycles. The second-order valence-electron chi connectivity index (χ2n) is 8.27. The van der Waals surface area contributed by atoms with Crippen LogP contribution >= 0.6 is 11.8 Å². The Bertz CT molecular complexity index is 1030. The van der Waals surface area contributed by atoms with Crippen molar-refractivity contribution < 1.29 is 0 Å². The van der Waals surface area contributed by atoms with Crippen LogP contribution in [-0.4, -0.2) is 16.8 Å². The molecular formula is C25H26N2S. The molecule has 0 aromatic heterocycles. The highest BCUT2D eigenvalue weighted by Gasteiger charge is 2.28. The molecule has 1 aliphatic heterocycles. The van der Waals surface area contributed by atoms with E-state index in [1.54, 1.807) is 0 Å². The van der Waals surface area contributed by atoms with E-state index in [4.69, 9.17) is 4.99 Å². The lowest BCUT2D eigenvalue weighted by molar-refractivity contribution is 0.349. The quantitative estimate of drug-likeness (QED) is 0.530. The fraction of sp³-hybridized carbons (Fsp3) is 0.240. The summed E-state index contributed by atoms with van der Waals surface area (Å²) in [5.74, 6) is 1.05. The third-order valence-electron chi connectivity index (χ3n) is 5.05. The molecule has 28 heavy (non-hydrogen) atoms. The molecule has 0 saturated carbocycles. The van der Waals surface area contributed by atoms with Crippen molar-refractivity contribution in [1.29, 1.82) is 0 Å². The van der Waals surface area contributed by atoms with Gasteiger partial charge in [-0.05, 0) is 40.0 Å². The molecule has 3 aromatic carbocycles. The molecule has 1 aliphatic rings. The Labute approximate surface area is 171 Å². The summed E-state index contributed by atoms with van der Waals surface area (Å²) in [5, 5.41) is 7.23. The molecule has 0 saturated heterocycles. The van der Waals surface area contributed by atoms with Crippen LogP contribution in [0.15, 0.2) is 83.9 Å². The van der Waals surface area contributed by atoms with Crippen molar-refractivity contribution in [2.75, 3.05) is 11.1 Å². The van der Waals surface area contributed by atoms with Crippen LogP contribution in [0, 0.1) is 5.41 Å². The standard InChI is InChI=1S/C25H26N2S/c1-25(2,3)23-17-28-24(27-23)16-22(19-10-5-4-6-11-19)26-21-14-13-18-9-7-8-12-20(18)15-21/h4-16,23,26H,17H2,1-3H3. The van der Waals surface area contributed by atoms with E-state index >= 15 is 0 Å². The average molecular weight is 387 g/mol. The molecule has 0 bridgehead atoms. The maximum atomic E-state index is 4.98. The van der Waals surface area contributed by atoms with E-state index in [0.29, 0.717) is 6.04 Å². The number of aliphatic imine (C=N–C) groups is 1. The van der Waals surface area contributed by atoms with E-state index in [0.717, 1.165) is 27.7 Å². The van der Waals surface area contributed by atoms with Crippen LogP contribution in [0.1, 0.15) is 26.3 Å². The third-order valence-corrected chi connectivity index (χ3v) is 6.05. The number of rotatable bonds is 4. The molecule has 3 heteroatoms. The summed E-state index contributed by atoms with van der Waals surface area (Å²) >= 11 is 1.85. The first-order chi connectivity index (χ1) is 13.5. The van der Waals surface area contributed by atoms with Gasteiger partial charge in [-0.2, -0.15) is 0 Å². The highest BCUT2D eigenvalue weighted by atomic mass is 32.2. The second kappa shape index (κ2) is 7.84. The van der Waals surface area contributed by atoms with Gasteiger partial charge in [0.1, 0.15) is 0 Å². The fourth-order valence-electron chi connectivity index (χ4n) is 3.27. The van der Waals surface area contributed by atoms with Gasteiger partial charge in [-0.15, -0.1) is 11.8 Å². The SMILES string of the molecule is CC(C)(C)C1CSC(C=C(Nc2ccc3ccccc3c2)c2ccccc2)=N1. The van der Waals surface area contributed by atoms with Gasteiger partial charge in [0, 0.05) is 17.1 Å². The smallest absolute Gasteiger partial charge is 0.0930 e. The Morgan fingerprint density at radius 2 is 1.68 bits per heavy atom. The molecule has 1 N–H and O–H groups in total. The van der Waals surface area contributed by atoms with Crippen molar-refractivity contribution in [3.8, 4) is 0 Å². The number of fused-ring (bicyclic) bond motifs is 1. The average Bonchev–Trinajstić information content (AvgIpc) is 3.17. The topological polar surface area (TPSA) is 24.4 Å². The highest BCUT2D eigenvalue weighted by Crippen LogP contribution is 2.33. The predicted octanol–water partition coefficient (Wildman–Crippen LogP) is 6.85. The fourth-order valence-corrected chi connectivity index (χ4v) is 4.58. The van der Waals surface area contributed by atoms with Gasteiger partial charge in [0.15, 0.2) is 0 Å². The van der Waals surface area contributed by atoms with Crippen molar-refractivity contribution in [1.82, 2.24) is 0 Å². The summed E-state index contributed by atoms with van der Waals surface area (Å²) in [5.41, 5.74) is 3.53. The van der Waals surface area contributed by atoms with E-state index in [1.165, 1.54) is 10.8 Å².